The number of aliphatic carboxylic acids is 1. The molecule has 0 bridgehead atoms. The maximum atomic E-state index is 12.0. The molecule has 6 heteroatoms. The van der Waals surface area contributed by atoms with Crippen LogP contribution in [0.15, 0.2) is 24.3 Å². The van der Waals surface area contributed by atoms with Gasteiger partial charge >= 0.3 is 5.97 Å². The minimum absolute atomic E-state index is 0.219. The zero-order valence-corrected chi connectivity index (χ0v) is 12.3. The van der Waals surface area contributed by atoms with Crippen molar-refractivity contribution in [2.75, 3.05) is 0 Å². The van der Waals surface area contributed by atoms with E-state index in [2.05, 4.69) is 10.6 Å². The van der Waals surface area contributed by atoms with E-state index in [0.717, 1.165) is 11.1 Å². The monoisotopic (exact) mass is 292 g/mol. The van der Waals surface area contributed by atoms with Crippen molar-refractivity contribution in [3.8, 4) is 0 Å². The van der Waals surface area contributed by atoms with Crippen LogP contribution in [0.4, 0.5) is 0 Å². The minimum Gasteiger partial charge on any atom is -0.481 e. The lowest BCUT2D eigenvalue weighted by Gasteiger charge is -2.22. The van der Waals surface area contributed by atoms with Crippen LogP contribution >= 0.6 is 0 Å². The summed E-state index contributed by atoms with van der Waals surface area (Å²) in [5.41, 5.74) is 1.65. The van der Waals surface area contributed by atoms with Crippen LogP contribution in [-0.2, 0) is 14.4 Å². The topological polar surface area (TPSA) is 95.5 Å². The Morgan fingerprint density at radius 1 is 1.19 bits per heavy atom. The van der Waals surface area contributed by atoms with Crippen LogP contribution in [0.1, 0.15) is 37.4 Å². The molecule has 114 valence electrons. The molecule has 0 fully saturated rings. The first-order valence-corrected chi connectivity index (χ1v) is 6.66. The molecule has 0 saturated heterocycles. The zero-order valence-electron chi connectivity index (χ0n) is 12.3. The molecule has 1 aromatic carbocycles. The van der Waals surface area contributed by atoms with Gasteiger partial charge in [0.15, 0.2) is 0 Å². The number of carbonyl (C=O) groups excluding carboxylic acids is 2. The highest BCUT2D eigenvalue weighted by Crippen LogP contribution is 2.20. The molecule has 2 atom stereocenters. The van der Waals surface area contributed by atoms with Crippen LogP contribution in [0, 0.1) is 6.92 Å². The molecule has 3 N–H and O–H groups in total. The van der Waals surface area contributed by atoms with Gasteiger partial charge in [-0.3, -0.25) is 14.4 Å². The first-order chi connectivity index (χ1) is 9.81. The Morgan fingerprint density at radius 3 is 2.33 bits per heavy atom. The number of carboxylic acid groups (broad SMARTS) is 1. The molecule has 0 aliphatic rings. The number of aryl methyl sites for hydroxylation is 1. The summed E-state index contributed by atoms with van der Waals surface area (Å²) < 4.78 is 0. The van der Waals surface area contributed by atoms with E-state index in [-0.39, 0.29) is 12.3 Å². The maximum absolute atomic E-state index is 12.0. The molecule has 0 aromatic heterocycles. The third-order valence-corrected chi connectivity index (χ3v) is 3.07. The average molecular weight is 292 g/mol. The molecule has 6 nitrogen and oxygen atoms in total. The molecular weight excluding hydrogens is 272 g/mol. The van der Waals surface area contributed by atoms with E-state index < -0.39 is 24.0 Å². The highest BCUT2D eigenvalue weighted by Gasteiger charge is 2.22. The van der Waals surface area contributed by atoms with Gasteiger partial charge in [0, 0.05) is 6.92 Å². The van der Waals surface area contributed by atoms with Crippen molar-refractivity contribution in [2.45, 2.75) is 39.3 Å². The lowest BCUT2D eigenvalue weighted by molar-refractivity contribution is -0.138. The van der Waals surface area contributed by atoms with Crippen molar-refractivity contribution < 1.29 is 19.5 Å². The van der Waals surface area contributed by atoms with Gasteiger partial charge in [-0.2, -0.15) is 0 Å². The summed E-state index contributed by atoms with van der Waals surface area (Å²) in [6.07, 6.45) is -0.219. The number of hydrogen-bond acceptors (Lipinski definition) is 3. The number of carbonyl (C=O) groups is 3. The Balaban J connectivity index is 2.89. The fourth-order valence-corrected chi connectivity index (χ4v) is 2.06. The van der Waals surface area contributed by atoms with E-state index in [0.29, 0.717) is 0 Å². The van der Waals surface area contributed by atoms with Crippen molar-refractivity contribution in [1.82, 2.24) is 10.6 Å². The molecule has 0 saturated carbocycles. The second kappa shape index (κ2) is 7.42. The van der Waals surface area contributed by atoms with Crippen LogP contribution in [-0.4, -0.2) is 28.9 Å². The number of rotatable bonds is 6. The van der Waals surface area contributed by atoms with E-state index in [1.807, 2.05) is 19.1 Å². The summed E-state index contributed by atoms with van der Waals surface area (Å²) >= 11 is 0. The average Bonchev–Trinajstić information content (AvgIpc) is 2.37. The minimum atomic E-state index is -1.00. The predicted molar refractivity (Wildman–Crippen MR) is 77.6 cm³/mol. The van der Waals surface area contributed by atoms with Crippen LogP contribution in [0.2, 0.25) is 0 Å². The quantitative estimate of drug-likeness (QED) is 0.733. The smallest absolute Gasteiger partial charge is 0.305 e. The summed E-state index contributed by atoms with van der Waals surface area (Å²) in [6, 6.07) is 5.93. The number of amides is 2. The molecule has 21 heavy (non-hydrogen) atoms. The van der Waals surface area contributed by atoms with Crippen molar-refractivity contribution in [1.29, 1.82) is 0 Å². The van der Waals surface area contributed by atoms with Gasteiger partial charge in [-0.1, -0.05) is 24.3 Å². The van der Waals surface area contributed by atoms with Gasteiger partial charge in [0.25, 0.3) is 0 Å². The Bertz CT molecular complexity index is 542. The van der Waals surface area contributed by atoms with Crippen LogP contribution < -0.4 is 10.6 Å². The molecule has 0 aliphatic heterocycles. The summed E-state index contributed by atoms with van der Waals surface area (Å²) in [4.78, 5) is 34.0. The van der Waals surface area contributed by atoms with E-state index in [1.165, 1.54) is 6.92 Å². The molecule has 2 amide bonds. The number of hydrogen-bond donors (Lipinski definition) is 3. The Labute approximate surface area is 123 Å². The van der Waals surface area contributed by atoms with Crippen LogP contribution in [0.3, 0.4) is 0 Å². The standard InChI is InChI=1S/C15H20N2O4/c1-9-6-4-5-7-12(9)13(8-14(19)20)17-15(21)10(2)16-11(3)18/h4-7,10,13H,8H2,1-3H3,(H,16,18)(H,17,21)(H,19,20). The lowest BCUT2D eigenvalue weighted by atomic mass is 9.98. The van der Waals surface area contributed by atoms with Crippen molar-refractivity contribution >= 4 is 17.8 Å². The summed E-state index contributed by atoms with van der Waals surface area (Å²) in [5, 5.41) is 14.2. The van der Waals surface area contributed by atoms with Gasteiger partial charge in [0.1, 0.15) is 6.04 Å². The normalized spacial score (nSPS) is 13.1. The SMILES string of the molecule is CC(=O)NC(C)C(=O)NC(CC(=O)O)c1ccccc1C. The third kappa shape index (κ3) is 5.25. The van der Waals surface area contributed by atoms with Gasteiger partial charge in [0.05, 0.1) is 12.5 Å². The highest BCUT2D eigenvalue weighted by atomic mass is 16.4. The first-order valence-electron chi connectivity index (χ1n) is 6.66. The number of benzene rings is 1. The summed E-state index contributed by atoms with van der Waals surface area (Å²) in [5.74, 6) is -1.74. The summed E-state index contributed by atoms with van der Waals surface area (Å²) in [7, 11) is 0. The van der Waals surface area contributed by atoms with Gasteiger partial charge < -0.3 is 15.7 Å². The van der Waals surface area contributed by atoms with E-state index >= 15 is 0 Å². The first kappa shape index (κ1) is 16.7. The van der Waals surface area contributed by atoms with Gasteiger partial charge in [-0.25, -0.2) is 0 Å². The van der Waals surface area contributed by atoms with Gasteiger partial charge in [0.2, 0.25) is 11.8 Å². The van der Waals surface area contributed by atoms with Crippen molar-refractivity contribution in [3.05, 3.63) is 35.4 Å². The largest absolute Gasteiger partial charge is 0.481 e. The molecular formula is C15H20N2O4. The van der Waals surface area contributed by atoms with E-state index in [9.17, 15) is 14.4 Å². The Morgan fingerprint density at radius 2 is 1.81 bits per heavy atom. The van der Waals surface area contributed by atoms with E-state index in [1.54, 1.807) is 19.1 Å². The predicted octanol–water partition coefficient (Wildman–Crippen LogP) is 1.15. The lowest BCUT2D eigenvalue weighted by Crippen LogP contribution is -2.45. The Kier molecular flexibility index (Phi) is 5.90. The summed E-state index contributed by atoms with van der Waals surface area (Å²) in [6.45, 7) is 4.72. The Hall–Kier alpha value is -2.37. The molecule has 2 unspecified atom stereocenters. The third-order valence-electron chi connectivity index (χ3n) is 3.07. The number of carboxylic acids is 1. The van der Waals surface area contributed by atoms with Gasteiger partial charge in [-0.15, -0.1) is 0 Å². The molecule has 0 spiro atoms. The second-order valence-corrected chi connectivity index (χ2v) is 4.94. The van der Waals surface area contributed by atoms with E-state index in [4.69, 9.17) is 5.11 Å². The zero-order chi connectivity index (χ0) is 16.0. The molecule has 1 aromatic rings. The molecule has 0 radical (unpaired) electrons. The molecule has 0 aliphatic carbocycles. The van der Waals surface area contributed by atoms with Crippen molar-refractivity contribution in [3.63, 3.8) is 0 Å². The highest BCUT2D eigenvalue weighted by molar-refractivity contribution is 5.87. The fraction of sp³-hybridized carbons (Fsp3) is 0.400. The molecule has 1 rings (SSSR count). The second-order valence-electron chi connectivity index (χ2n) is 4.94. The van der Waals surface area contributed by atoms with Crippen molar-refractivity contribution in [2.24, 2.45) is 0 Å². The van der Waals surface area contributed by atoms with Gasteiger partial charge in [-0.05, 0) is 25.0 Å². The number of nitrogens with one attached hydrogen (secondary N) is 2. The fourth-order valence-electron chi connectivity index (χ4n) is 2.06. The molecule has 0 heterocycles. The van der Waals surface area contributed by atoms with Crippen LogP contribution in [0.5, 0.6) is 0 Å². The maximum Gasteiger partial charge on any atom is 0.305 e. The van der Waals surface area contributed by atoms with Crippen LogP contribution in [0.25, 0.3) is 0 Å².